The first-order valence-electron chi connectivity index (χ1n) is 7.15. The molecule has 0 radical (unpaired) electrons. The van der Waals surface area contributed by atoms with Gasteiger partial charge in [0.15, 0.2) is 0 Å². The molecule has 0 aliphatic carbocycles. The quantitative estimate of drug-likeness (QED) is 0.777. The molecule has 110 valence electrons. The second-order valence-electron chi connectivity index (χ2n) is 4.95. The molecule has 4 heteroatoms. The number of nitrogens with one attached hydrogen (secondary N) is 1. The highest BCUT2D eigenvalue weighted by Crippen LogP contribution is 2.09. The number of carbonyl (C=O) groups excluding carboxylic acids is 2. The third kappa shape index (κ3) is 5.03. The van der Waals surface area contributed by atoms with Crippen LogP contribution in [-0.2, 0) is 16.1 Å². The second-order valence-corrected chi connectivity index (χ2v) is 4.95. The molecule has 0 unspecified atom stereocenters. The molecule has 0 aromatic heterocycles. The molecule has 1 rings (SSSR count). The lowest BCUT2D eigenvalue weighted by Gasteiger charge is -2.27. The van der Waals surface area contributed by atoms with Gasteiger partial charge >= 0.3 is 0 Å². The van der Waals surface area contributed by atoms with Gasteiger partial charge in [-0.05, 0) is 18.9 Å². The zero-order valence-electron chi connectivity index (χ0n) is 12.6. The van der Waals surface area contributed by atoms with Crippen LogP contribution in [0.2, 0.25) is 0 Å². The summed E-state index contributed by atoms with van der Waals surface area (Å²) in [5.74, 6) is -0.184. The Kier molecular flexibility index (Phi) is 6.77. The van der Waals surface area contributed by atoms with Gasteiger partial charge in [-0.2, -0.15) is 0 Å². The van der Waals surface area contributed by atoms with Gasteiger partial charge in [-0.3, -0.25) is 9.59 Å². The van der Waals surface area contributed by atoms with Crippen molar-refractivity contribution in [2.45, 2.75) is 46.2 Å². The van der Waals surface area contributed by atoms with E-state index < -0.39 is 6.04 Å². The summed E-state index contributed by atoms with van der Waals surface area (Å²) < 4.78 is 0. The van der Waals surface area contributed by atoms with E-state index in [4.69, 9.17) is 0 Å². The molecule has 4 nitrogen and oxygen atoms in total. The maximum Gasteiger partial charge on any atom is 0.242 e. The molecule has 20 heavy (non-hydrogen) atoms. The van der Waals surface area contributed by atoms with Gasteiger partial charge in [0.05, 0.1) is 0 Å². The molecule has 0 fully saturated rings. The van der Waals surface area contributed by atoms with E-state index in [0.717, 1.165) is 18.4 Å². The van der Waals surface area contributed by atoms with E-state index in [1.807, 2.05) is 30.3 Å². The predicted molar refractivity (Wildman–Crippen MR) is 80.0 cm³/mol. The average Bonchev–Trinajstić information content (AvgIpc) is 2.45. The summed E-state index contributed by atoms with van der Waals surface area (Å²) in [6.07, 6.45) is 1.99. The first-order chi connectivity index (χ1) is 9.56. The summed E-state index contributed by atoms with van der Waals surface area (Å²) in [7, 11) is 0. The minimum absolute atomic E-state index is 0.0907. The number of amides is 2. The molecular formula is C16H24N2O2. The van der Waals surface area contributed by atoms with Crippen LogP contribution < -0.4 is 5.32 Å². The first kappa shape index (κ1) is 16.2. The van der Waals surface area contributed by atoms with Crippen LogP contribution in [0.4, 0.5) is 0 Å². The van der Waals surface area contributed by atoms with Gasteiger partial charge in [-0.25, -0.2) is 0 Å². The lowest BCUT2D eigenvalue weighted by Crippen LogP contribution is -2.47. The molecule has 1 atom stereocenters. The Labute approximate surface area is 121 Å². The Bertz CT molecular complexity index is 431. The molecule has 0 spiro atoms. The molecule has 0 aliphatic heterocycles. The van der Waals surface area contributed by atoms with E-state index in [0.29, 0.717) is 13.1 Å². The molecule has 1 aromatic carbocycles. The van der Waals surface area contributed by atoms with Crippen LogP contribution >= 0.6 is 0 Å². The fourth-order valence-corrected chi connectivity index (χ4v) is 1.98. The highest BCUT2D eigenvalue weighted by atomic mass is 16.2. The molecule has 1 N–H and O–H groups in total. The highest BCUT2D eigenvalue weighted by molar-refractivity contribution is 5.86. The Morgan fingerprint density at radius 1 is 1.25 bits per heavy atom. The van der Waals surface area contributed by atoms with Crippen molar-refractivity contribution < 1.29 is 9.59 Å². The van der Waals surface area contributed by atoms with E-state index in [1.165, 1.54) is 6.92 Å². The monoisotopic (exact) mass is 276 g/mol. The predicted octanol–water partition coefficient (Wildman–Crippen LogP) is 2.34. The summed E-state index contributed by atoms with van der Waals surface area (Å²) in [4.78, 5) is 25.4. The first-order valence-corrected chi connectivity index (χ1v) is 7.15. The van der Waals surface area contributed by atoms with Crippen LogP contribution in [0, 0.1) is 0 Å². The Hall–Kier alpha value is -1.84. The zero-order chi connectivity index (χ0) is 15.0. The Morgan fingerprint density at radius 3 is 2.45 bits per heavy atom. The largest absolute Gasteiger partial charge is 0.354 e. The third-order valence-corrected chi connectivity index (χ3v) is 3.28. The number of hydrogen-bond acceptors (Lipinski definition) is 2. The highest BCUT2D eigenvalue weighted by Gasteiger charge is 2.23. The van der Waals surface area contributed by atoms with Crippen LogP contribution in [0.1, 0.15) is 39.2 Å². The van der Waals surface area contributed by atoms with Gasteiger partial charge in [0.25, 0.3) is 0 Å². The van der Waals surface area contributed by atoms with E-state index in [2.05, 4.69) is 12.2 Å². The maximum atomic E-state index is 12.0. The van der Waals surface area contributed by atoms with E-state index in [9.17, 15) is 9.59 Å². The number of nitrogens with zero attached hydrogens (tertiary/aromatic N) is 1. The number of carbonyl (C=O) groups is 2. The van der Waals surface area contributed by atoms with Crippen molar-refractivity contribution in [1.29, 1.82) is 0 Å². The fraction of sp³-hybridized carbons (Fsp3) is 0.500. The second kappa shape index (κ2) is 8.35. The third-order valence-electron chi connectivity index (χ3n) is 3.28. The van der Waals surface area contributed by atoms with Gasteiger partial charge in [0.2, 0.25) is 11.8 Å². The van der Waals surface area contributed by atoms with Crippen molar-refractivity contribution >= 4 is 11.8 Å². The molecule has 2 amide bonds. The summed E-state index contributed by atoms with van der Waals surface area (Å²) in [6, 6.07) is 9.25. The number of unbranched alkanes of at least 4 members (excludes halogenated alkanes) is 1. The van der Waals surface area contributed by atoms with E-state index in [-0.39, 0.29) is 11.8 Å². The lowest BCUT2D eigenvalue weighted by molar-refractivity contribution is -0.138. The van der Waals surface area contributed by atoms with Crippen molar-refractivity contribution in [3.05, 3.63) is 35.9 Å². The number of rotatable bonds is 7. The van der Waals surface area contributed by atoms with Crippen LogP contribution in [-0.4, -0.2) is 29.3 Å². The molecule has 0 bridgehead atoms. The normalized spacial score (nSPS) is 11.8. The van der Waals surface area contributed by atoms with Crippen molar-refractivity contribution in [3.8, 4) is 0 Å². The van der Waals surface area contributed by atoms with E-state index in [1.54, 1.807) is 11.8 Å². The van der Waals surface area contributed by atoms with Crippen LogP contribution in [0.15, 0.2) is 30.3 Å². The zero-order valence-corrected chi connectivity index (χ0v) is 12.6. The minimum atomic E-state index is -0.454. The molecule has 0 aliphatic rings. The summed E-state index contributed by atoms with van der Waals surface area (Å²) >= 11 is 0. The van der Waals surface area contributed by atoms with Gasteiger partial charge in [-0.1, -0.05) is 43.7 Å². The molecule has 0 saturated carbocycles. The van der Waals surface area contributed by atoms with Crippen LogP contribution in [0.25, 0.3) is 0 Å². The van der Waals surface area contributed by atoms with Gasteiger partial charge in [-0.15, -0.1) is 0 Å². The van der Waals surface area contributed by atoms with Crippen molar-refractivity contribution in [1.82, 2.24) is 10.2 Å². The summed E-state index contributed by atoms with van der Waals surface area (Å²) in [5, 5.41) is 2.87. The van der Waals surface area contributed by atoms with Crippen molar-refractivity contribution in [3.63, 3.8) is 0 Å². The summed E-state index contributed by atoms with van der Waals surface area (Å²) in [6.45, 7) is 6.46. The minimum Gasteiger partial charge on any atom is -0.354 e. The Morgan fingerprint density at radius 2 is 1.90 bits per heavy atom. The lowest BCUT2D eigenvalue weighted by atomic mass is 10.1. The molecular weight excluding hydrogens is 252 g/mol. The van der Waals surface area contributed by atoms with Crippen molar-refractivity contribution in [2.75, 3.05) is 6.54 Å². The summed E-state index contributed by atoms with van der Waals surface area (Å²) in [5.41, 5.74) is 1.02. The van der Waals surface area contributed by atoms with Gasteiger partial charge in [0, 0.05) is 20.0 Å². The average molecular weight is 276 g/mol. The molecule has 0 saturated heterocycles. The fourth-order valence-electron chi connectivity index (χ4n) is 1.98. The SMILES string of the molecule is CCCCNC(=O)[C@H](C)N(Cc1ccccc1)C(C)=O. The van der Waals surface area contributed by atoms with E-state index >= 15 is 0 Å². The number of benzene rings is 1. The molecule has 1 aromatic rings. The van der Waals surface area contributed by atoms with Gasteiger partial charge in [0.1, 0.15) is 6.04 Å². The van der Waals surface area contributed by atoms with Crippen LogP contribution in [0.5, 0.6) is 0 Å². The van der Waals surface area contributed by atoms with Gasteiger partial charge < -0.3 is 10.2 Å². The maximum absolute atomic E-state index is 12.0. The smallest absolute Gasteiger partial charge is 0.242 e. The topological polar surface area (TPSA) is 49.4 Å². The van der Waals surface area contributed by atoms with Crippen molar-refractivity contribution in [2.24, 2.45) is 0 Å². The van der Waals surface area contributed by atoms with Crippen LogP contribution in [0.3, 0.4) is 0 Å². The Balaban J connectivity index is 2.65. The number of hydrogen-bond donors (Lipinski definition) is 1. The standard InChI is InChI=1S/C16H24N2O2/c1-4-5-11-17-16(20)13(2)18(14(3)19)12-15-9-7-6-8-10-15/h6-10,13H,4-5,11-12H2,1-3H3,(H,17,20)/t13-/m0/s1. The molecule has 0 heterocycles.